The van der Waals surface area contributed by atoms with Gasteiger partial charge in [0.05, 0.1) is 11.4 Å². The number of rotatable bonds is 7. The Kier molecular flexibility index (Phi) is 7.83. The second-order valence-corrected chi connectivity index (χ2v) is 7.81. The van der Waals surface area contributed by atoms with E-state index in [0.29, 0.717) is 29.0 Å². The molecule has 2 aromatic rings. The molecule has 1 aromatic heterocycles. The van der Waals surface area contributed by atoms with Crippen molar-refractivity contribution in [1.29, 1.82) is 0 Å². The maximum atomic E-state index is 12.9. The maximum absolute atomic E-state index is 12.9. The Morgan fingerprint density at radius 2 is 1.71 bits per heavy atom. The Morgan fingerprint density at radius 3 is 2.39 bits per heavy atom. The van der Waals surface area contributed by atoms with E-state index in [1.54, 1.807) is 24.3 Å². The second kappa shape index (κ2) is 10.8. The molecule has 162 valence electrons. The van der Waals surface area contributed by atoms with Crippen LogP contribution in [0.5, 0.6) is 0 Å². The van der Waals surface area contributed by atoms with Gasteiger partial charge in [0.25, 0.3) is 5.91 Å². The molecule has 0 radical (unpaired) electrons. The Bertz CT molecular complexity index is 976. The summed E-state index contributed by atoms with van der Waals surface area (Å²) in [6.45, 7) is 6.98. The zero-order valence-corrected chi connectivity index (χ0v) is 17.8. The molecule has 0 bridgehead atoms. The first-order valence-corrected chi connectivity index (χ1v) is 10.3. The van der Waals surface area contributed by atoms with Gasteiger partial charge in [0.15, 0.2) is 5.78 Å². The van der Waals surface area contributed by atoms with Crippen LogP contribution in [0.4, 0.5) is 0 Å². The van der Waals surface area contributed by atoms with E-state index in [2.05, 4.69) is 29.0 Å². The van der Waals surface area contributed by atoms with Crippen LogP contribution in [0.15, 0.2) is 54.6 Å². The fraction of sp³-hybridized carbons (Fsp3) is 0.292. The highest BCUT2D eigenvalue weighted by Gasteiger charge is 2.22. The molecule has 2 heterocycles. The zero-order chi connectivity index (χ0) is 22.2. The lowest BCUT2D eigenvalue weighted by Gasteiger charge is -2.36. The number of piperazine rings is 1. The number of carbonyl (C=O) groups excluding carboxylic acids is 2. The number of nitrogens with one attached hydrogen (secondary N) is 2. The highest BCUT2D eigenvalue weighted by atomic mass is 16.5. The molecule has 1 aliphatic rings. The van der Waals surface area contributed by atoms with Crippen molar-refractivity contribution >= 4 is 23.8 Å². The van der Waals surface area contributed by atoms with Gasteiger partial charge in [-0.15, -0.1) is 0 Å². The van der Waals surface area contributed by atoms with E-state index < -0.39 is 5.91 Å². The third-order valence-electron chi connectivity index (χ3n) is 5.02. The molecular formula is C24H28N4O3. The van der Waals surface area contributed by atoms with Crippen LogP contribution < -0.4 is 10.8 Å². The first-order valence-electron chi connectivity index (χ1n) is 10.3. The van der Waals surface area contributed by atoms with Crippen molar-refractivity contribution < 1.29 is 14.8 Å². The summed E-state index contributed by atoms with van der Waals surface area (Å²) in [5, 5.41) is 12.1. The van der Waals surface area contributed by atoms with E-state index >= 15 is 0 Å². The van der Waals surface area contributed by atoms with Gasteiger partial charge in [-0.1, -0.05) is 30.3 Å². The summed E-state index contributed by atoms with van der Waals surface area (Å²) in [5.74, 6) is -0.711. The average molecular weight is 421 g/mol. The third kappa shape index (κ3) is 6.68. The topological polar surface area (TPSA) is 94.6 Å². The molecule has 7 heteroatoms. The van der Waals surface area contributed by atoms with Gasteiger partial charge in [0.2, 0.25) is 0 Å². The van der Waals surface area contributed by atoms with E-state index in [0.717, 1.165) is 25.2 Å². The number of amides is 1. The molecule has 3 rings (SSSR count). The molecule has 1 amide bonds. The summed E-state index contributed by atoms with van der Waals surface area (Å²) < 4.78 is 0. The number of pyridine rings is 1. The van der Waals surface area contributed by atoms with Crippen LogP contribution in [0.1, 0.15) is 41.2 Å². The first kappa shape index (κ1) is 22.6. The summed E-state index contributed by atoms with van der Waals surface area (Å²) in [7, 11) is 0. The summed E-state index contributed by atoms with van der Waals surface area (Å²) >= 11 is 0. The lowest BCUT2D eigenvalue weighted by Crippen LogP contribution is -2.53. The van der Waals surface area contributed by atoms with E-state index in [1.807, 2.05) is 24.3 Å². The predicted molar refractivity (Wildman–Crippen MR) is 120 cm³/mol. The van der Waals surface area contributed by atoms with Gasteiger partial charge in [-0.2, -0.15) is 0 Å². The van der Waals surface area contributed by atoms with Crippen LogP contribution in [0.3, 0.4) is 0 Å². The SMILES string of the molecule is C[C@@H]1CN(Cc2ccccc2C(=O)C=Cc2cccc(C=CC(=O)NO)n2)C[C@H](C)N1. The first-order chi connectivity index (χ1) is 14.9. The number of allylic oxidation sites excluding steroid dienone is 1. The fourth-order valence-electron chi connectivity index (χ4n) is 3.81. The quantitative estimate of drug-likeness (QED) is 0.276. The van der Waals surface area contributed by atoms with Crippen molar-refractivity contribution in [3.8, 4) is 0 Å². The van der Waals surface area contributed by atoms with E-state index in [4.69, 9.17) is 5.21 Å². The molecule has 1 saturated heterocycles. The van der Waals surface area contributed by atoms with Gasteiger partial charge in [0, 0.05) is 43.4 Å². The minimum atomic E-state index is -0.636. The Labute approximate surface area is 182 Å². The average Bonchev–Trinajstić information content (AvgIpc) is 2.75. The Morgan fingerprint density at radius 1 is 1.06 bits per heavy atom. The van der Waals surface area contributed by atoms with Crippen molar-refractivity contribution in [2.24, 2.45) is 0 Å². The van der Waals surface area contributed by atoms with Crippen LogP contribution in [-0.2, 0) is 11.3 Å². The molecule has 1 aromatic carbocycles. The second-order valence-electron chi connectivity index (χ2n) is 7.81. The maximum Gasteiger partial charge on any atom is 0.267 e. The van der Waals surface area contributed by atoms with Crippen molar-refractivity contribution in [3.05, 3.63) is 77.1 Å². The number of aromatic nitrogens is 1. The van der Waals surface area contributed by atoms with Gasteiger partial charge in [-0.05, 0) is 49.8 Å². The molecule has 0 aliphatic carbocycles. The molecule has 7 nitrogen and oxygen atoms in total. The largest absolute Gasteiger partial charge is 0.309 e. The number of nitrogens with zero attached hydrogens (tertiary/aromatic N) is 2. The number of ketones is 1. The molecule has 0 saturated carbocycles. The number of carbonyl (C=O) groups is 2. The van der Waals surface area contributed by atoms with Gasteiger partial charge in [0.1, 0.15) is 0 Å². The van der Waals surface area contributed by atoms with Gasteiger partial charge < -0.3 is 5.32 Å². The van der Waals surface area contributed by atoms with E-state index in [9.17, 15) is 9.59 Å². The van der Waals surface area contributed by atoms with Crippen LogP contribution in [0.25, 0.3) is 12.2 Å². The third-order valence-corrected chi connectivity index (χ3v) is 5.02. The molecule has 1 fully saturated rings. The smallest absolute Gasteiger partial charge is 0.267 e. The summed E-state index contributed by atoms with van der Waals surface area (Å²) in [6, 6.07) is 13.8. The lowest BCUT2D eigenvalue weighted by molar-refractivity contribution is -0.124. The normalized spacial score (nSPS) is 19.7. The Hall–Kier alpha value is -3.13. The summed E-state index contributed by atoms with van der Waals surface area (Å²) in [5.41, 5.74) is 4.37. The van der Waals surface area contributed by atoms with Crippen molar-refractivity contribution in [3.63, 3.8) is 0 Å². The van der Waals surface area contributed by atoms with Crippen LogP contribution in [0.2, 0.25) is 0 Å². The van der Waals surface area contributed by atoms with Gasteiger partial charge >= 0.3 is 0 Å². The fourth-order valence-corrected chi connectivity index (χ4v) is 3.81. The molecule has 1 aliphatic heterocycles. The lowest BCUT2D eigenvalue weighted by atomic mass is 10.0. The van der Waals surface area contributed by atoms with Crippen molar-refractivity contribution in [2.75, 3.05) is 13.1 Å². The zero-order valence-electron chi connectivity index (χ0n) is 17.8. The van der Waals surface area contributed by atoms with Crippen molar-refractivity contribution in [2.45, 2.75) is 32.5 Å². The highest BCUT2D eigenvalue weighted by Crippen LogP contribution is 2.16. The van der Waals surface area contributed by atoms with E-state index in [1.165, 1.54) is 23.7 Å². The van der Waals surface area contributed by atoms with E-state index in [-0.39, 0.29) is 5.78 Å². The number of hydroxylamine groups is 1. The Balaban J connectivity index is 1.72. The highest BCUT2D eigenvalue weighted by molar-refractivity contribution is 6.07. The summed E-state index contributed by atoms with van der Waals surface area (Å²) in [6.07, 6.45) is 5.85. The van der Waals surface area contributed by atoms with Crippen LogP contribution in [-0.4, -0.2) is 52.0 Å². The minimum Gasteiger partial charge on any atom is -0.309 e. The summed E-state index contributed by atoms with van der Waals surface area (Å²) in [4.78, 5) is 30.8. The monoisotopic (exact) mass is 420 g/mol. The minimum absolute atomic E-state index is 0.0748. The molecule has 3 N–H and O–H groups in total. The number of hydrogen-bond acceptors (Lipinski definition) is 6. The van der Waals surface area contributed by atoms with Crippen LogP contribution in [0, 0.1) is 0 Å². The van der Waals surface area contributed by atoms with Gasteiger partial charge in [-0.3, -0.25) is 19.7 Å². The van der Waals surface area contributed by atoms with Crippen LogP contribution >= 0.6 is 0 Å². The van der Waals surface area contributed by atoms with Crippen molar-refractivity contribution in [1.82, 2.24) is 20.7 Å². The molecule has 31 heavy (non-hydrogen) atoms. The molecule has 0 spiro atoms. The molecular weight excluding hydrogens is 392 g/mol. The van der Waals surface area contributed by atoms with Gasteiger partial charge in [-0.25, -0.2) is 10.5 Å². The predicted octanol–water partition coefficient (Wildman–Crippen LogP) is 2.68. The molecule has 2 atom stereocenters. The molecule has 0 unspecified atom stereocenters. The standard InChI is InChI=1S/C24H28N4O3/c1-17-14-28(15-18(2)25-17)16-19-6-3-4-9-22(19)23(29)12-10-20-7-5-8-21(26-20)11-13-24(30)27-31/h3-13,17-18,25,31H,14-16H2,1-2H3,(H,27,30)/t17-,18+. The number of benzene rings is 1. The number of hydrogen-bond donors (Lipinski definition) is 3.